The molecule has 0 saturated carbocycles. The molecule has 0 aliphatic rings. The predicted octanol–water partition coefficient (Wildman–Crippen LogP) is 12.9. The molecule has 0 saturated heterocycles. The Balaban J connectivity index is 0.000000211. The van der Waals surface area contributed by atoms with Crippen LogP contribution >= 0.6 is 0 Å². The summed E-state index contributed by atoms with van der Waals surface area (Å²) in [5.41, 5.74) is 11.2. The van der Waals surface area contributed by atoms with Crippen LogP contribution in [0.1, 0.15) is 70.1 Å². The van der Waals surface area contributed by atoms with E-state index < -0.39 is 8.07 Å². The number of hydrogen-bond donors (Lipinski definition) is 0. The Morgan fingerprint density at radius 1 is 0.745 bits per heavy atom. The zero-order valence-corrected chi connectivity index (χ0v) is 36.9. The summed E-state index contributed by atoms with van der Waals surface area (Å²) in [6.07, 6.45) is 6.45. The zero-order chi connectivity index (χ0) is 38.1. The average molecular weight is 918 g/mol. The van der Waals surface area contributed by atoms with E-state index in [2.05, 4.69) is 174 Å². The van der Waals surface area contributed by atoms with Crippen molar-refractivity contribution in [3.05, 3.63) is 144 Å². The van der Waals surface area contributed by atoms with E-state index in [-0.39, 0.29) is 20.1 Å². The van der Waals surface area contributed by atoms with Gasteiger partial charge in [0.2, 0.25) is 0 Å². The third-order valence-electron chi connectivity index (χ3n) is 10.1. The van der Waals surface area contributed by atoms with Gasteiger partial charge < -0.3 is 14.0 Å². The van der Waals surface area contributed by atoms with Crippen LogP contribution in [-0.2, 0) is 26.5 Å². The Kier molecular flexibility index (Phi) is 12.1. The number of benzene rings is 5. The second-order valence-corrected chi connectivity index (χ2v) is 21.5. The zero-order valence-electron chi connectivity index (χ0n) is 33.5. The average Bonchev–Trinajstić information content (AvgIpc) is 3.74. The molecule has 8 rings (SSSR count). The fourth-order valence-electron chi connectivity index (χ4n) is 7.50. The van der Waals surface area contributed by atoms with Crippen LogP contribution in [0.15, 0.2) is 120 Å². The van der Waals surface area contributed by atoms with Gasteiger partial charge in [-0.1, -0.05) is 150 Å². The predicted molar refractivity (Wildman–Crippen MR) is 231 cm³/mol. The Morgan fingerprint density at radius 2 is 1.40 bits per heavy atom. The van der Waals surface area contributed by atoms with Gasteiger partial charge in [-0.15, -0.1) is 35.9 Å². The van der Waals surface area contributed by atoms with Crippen LogP contribution in [0, 0.1) is 18.2 Å². The van der Waals surface area contributed by atoms with Gasteiger partial charge in [-0.3, -0.25) is 4.98 Å². The van der Waals surface area contributed by atoms with Gasteiger partial charge in [-0.25, -0.2) is 0 Å². The number of furan rings is 1. The molecule has 0 fully saturated rings. The molecule has 0 atom stereocenters. The van der Waals surface area contributed by atoms with Crippen molar-refractivity contribution < 1.29 is 24.5 Å². The van der Waals surface area contributed by atoms with Crippen molar-refractivity contribution in [3.63, 3.8) is 0 Å². The van der Waals surface area contributed by atoms with Crippen LogP contribution in [0.3, 0.4) is 0 Å². The second kappa shape index (κ2) is 16.6. The van der Waals surface area contributed by atoms with E-state index in [0.717, 1.165) is 56.5 Å². The van der Waals surface area contributed by atoms with Crippen LogP contribution < -0.4 is 5.19 Å². The van der Waals surface area contributed by atoms with E-state index in [0.29, 0.717) is 17.8 Å². The Morgan fingerprint density at radius 3 is 2.04 bits per heavy atom. The van der Waals surface area contributed by atoms with Crippen molar-refractivity contribution in [2.45, 2.75) is 79.4 Å². The van der Waals surface area contributed by atoms with Gasteiger partial charge in [0.1, 0.15) is 0 Å². The molecule has 6 heteroatoms. The smallest absolute Gasteiger partial charge is 0.0798 e. The van der Waals surface area contributed by atoms with Gasteiger partial charge in [-0.05, 0) is 69.1 Å². The van der Waals surface area contributed by atoms with Crippen molar-refractivity contribution in [1.29, 1.82) is 0 Å². The molecular weight excluding hydrogens is 867 g/mol. The minimum Gasteiger partial charge on any atom is -0.557 e. The van der Waals surface area contributed by atoms with Crippen LogP contribution in [0.2, 0.25) is 19.6 Å². The SMILES string of the molecule is CC(C)Cc1cc(-c2[c-]cccc2)ncc1[Si](C)(C)C.CC(C)c1cccc(C(C)C)c1-n1c(-c2[c-]oc3cc4ccccc4cc23)nc2ccccc21.[Ir]. The number of rotatable bonds is 8. The molecule has 3 heterocycles. The maximum atomic E-state index is 5.98. The Bertz CT molecular complexity index is 2530. The first-order valence-electron chi connectivity index (χ1n) is 19.3. The Hall–Kier alpha value is -4.61. The van der Waals surface area contributed by atoms with Crippen molar-refractivity contribution in [3.8, 4) is 28.3 Å². The number of fused-ring (bicyclic) bond motifs is 3. The normalized spacial score (nSPS) is 11.8. The Labute approximate surface area is 341 Å². The second-order valence-electron chi connectivity index (χ2n) is 16.5. The molecule has 0 spiro atoms. The first-order chi connectivity index (χ1) is 25.9. The van der Waals surface area contributed by atoms with Crippen LogP contribution in [0.25, 0.3) is 61.1 Å². The van der Waals surface area contributed by atoms with E-state index in [1.807, 2.05) is 24.3 Å². The van der Waals surface area contributed by atoms with Crippen molar-refractivity contribution >= 4 is 46.0 Å². The molecule has 1 radical (unpaired) electrons. The van der Waals surface area contributed by atoms with Crippen molar-refractivity contribution in [2.75, 3.05) is 0 Å². The van der Waals surface area contributed by atoms with Gasteiger partial charge in [-0.2, -0.15) is 0 Å². The summed E-state index contributed by atoms with van der Waals surface area (Å²) >= 11 is 0. The number of aromatic nitrogens is 3. The summed E-state index contributed by atoms with van der Waals surface area (Å²) in [4.78, 5) is 9.82. The number of pyridine rings is 1. The van der Waals surface area contributed by atoms with Gasteiger partial charge >= 0.3 is 0 Å². The molecule has 0 unspecified atom stereocenters. The molecule has 0 N–H and O–H groups in total. The van der Waals surface area contributed by atoms with Crippen molar-refractivity contribution in [1.82, 2.24) is 14.5 Å². The first kappa shape index (κ1) is 40.1. The van der Waals surface area contributed by atoms with Crippen LogP contribution in [0.4, 0.5) is 0 Å². The third-order valence-corrected chi connectivity index (χ3v) is 12.2. The number of hydrogen-bond acceptors (Lipinski definition) is 3. The van der Waals surface area contributed by atoms with Gasteiger partial charge in [0.05, 0.1) is 24.9 Å². The molecule has 55 heavy (non-hydrogen) atoms. The molecule has 4 nitrogen and oxygen atoms in total. The topological polar surface area (TPSA) is 43.9 Å². The monoisotopic (exact) mass is 918 g/mol. The summed E-state index contributed by atoms with van der Waals surface area (Å²) in [7, 11) is -1.34. The minimum atomic E-state index is -1.34. The number of nitrogens with zero attached hydrogens (tertiary/aromatic N) is 3. The van der Waals surface area contributed by atoms with Crippen LogP contribution in [-0.4, -0.2) is 22.6 Å². The third kappa shape index (κ3) is 8.33. The number of para-hydroxylation sites is 3. The van der Waals surface area contributed by atoms with Gasteiger partial charge in [0.15, 0.2) is 0 Å². The fraction of sp³-hybridized carbons (Fsp3) is 0.265. The summed E-state index contributed by atoms with van der Waals surface area (Å²) in [5.74, 6) is 2.28. The largest absolute Gasteiger partial charge is 0.557 e. The van der Waals surface area contributed by atoms with Gasteiger partial charge in [0, 0.05) is 43.8 Å². The molecule has 8 aromatic rings. The molecular formula is C49H51IrN3OSi-2. The van der Waals surface area contributed by atoms with E-state index in [1.54, 1.807) is 0 Å². The quantitative estimate of drug-likeness (QED) is 0.113. The summed E-state index contributed by atoms with van der Waals surface area (Å²) in [6.45, 7) is 20.8. The summed E-state index contributed by atoms with van der Waals surface area (Å²) in [5, 5.41) is 4.86. The molecule has 0 amide bonds. The molecule has 283 valence electrons. The first-order valence-corrected chi connectivity index (χ1v) is 22.8. The number of imidazole rings is 1. The minimum absolute atomic E-state index is 0. The molecule has 5 aromatic carbocycles. The maximum absolute atomic E-state index is 5.98. The van der Waals surface area contributed by atoms with Gasteiger partial charge in [0.25, 0.3) is 0 Å². The maximum Gasteiger partial charge on any atom is 0.0798 e. The molecule has 0 aliphatic heterocycles. The molecule has 0 bridgehead atoms. The van der Waals surface area contributed by atoms with E-state index >= 15 is 0 Å². The summed E-state index contributed by atoms with van der Waals surface area (Å²) in [6, 6.07) is 41.3. The van der Waals surface area contributed by atoms with E-state index in [1.165, 1.54) is 33.0 Å². The van der Waals surface area contributed by atoms with Crippen LogP contribution in [0.5, 0.6) is 0 Å². The molecule has 3 aromatic heterocycles. The van der Waals surface area contributed by atoms with E-state index in [4.69, 9.17) is 9.40 Å². The summed E-state index contributed by atoms with van der Waals surface area (Å²) < 4.78 is 8.30. The van der Waals surface area contributed by atoms with Crippen molar-refractivity contribution in [2.24, 2.45) is 5.92 Å². The van der Waals surface area contributed by atoms with E-state index in [9.17, 15) is 0 Å². The molecule has 0 aliphatic carbocycles. The fourth-order valence-corrected chi connectivity index (χ4v) is 9.09. The standard InChI is InChI=1S/C31H27N2O.C18H24NSi.Ir/c1-19(2)23-12-9-13-24(20(3)4)30(23)33-28-15-8-7-14-27(28)32-31(33)26-18-34-29-17-22-11-6-5-10-21(22)16-25(26)29;1-14(2)11-16-12-17(15-9-7-6-8-10-15)19-13-18(16)20(3,4)5;/h5-17,19-20H,1-4H3;6-9,12-14H,11H2,1-5H3;/q2*-1;.